The highest BCUT2D eigenvalue weighted by Gasteiger charge is 2.36. The van der Waals surface area contributed by atoms with Crippen LogP contribution in [0.15, 0.2) is 18.2 Å². The Hall–Kier alpha value is -0.240. The summed E-state index contributed by atoms with van der Waals surface area (Å²) >= 11 is 12.1. The molecule has 1 aromatic carbocycles. The molecule has 2 rings (SSSR count). The topological polar surface area (TPSA) is 9.23 Å². The summed E-state index contributed by atoms with van der Waals surface area (Å²) in [5.74, 6) is 0.563. The maximum Gasteiger partial charge on any atom is 0.0928 e. The van der Waals surface area contributed by atoms with Crippen LogP contribution in [0.1, 0.15) is 44.6 Å². The highest BCUT2D eigenvalue weighted by Crippen LogP contribution is 2.42. The predicted octanol–water partition coefficient (Wildman–Crippen LogP) is 5.44. The quantitative estimate of drug-likeness (QED) is 0.719. The molecule has 0 amide bonds. The van der Waals surface area contributed by atoms with Crippen molar-refractivity contribution in [3.8, 4) is 0 Å². The first-order valence-corrected chi connectivity index (χ1v) is 7.34. The number of rotatable bonds is 3. The van der Waals surface area contributed by atoms with Gasteiger partial charge in [0.2, 0.25) is 0 Å². The fraction of sp³-hybridized carbons (Fsp3) is 0.600. The molecule has 1 aromatic rings. The highest BCUT2D eigenvalue weighted by atomic mass is 35.5. The van der Waals surface area contributed by atoms with Crippen molar-refractivity contribution >= 4 is 23.2 Å². The van der Waals surface area contributed by atoms with Crippen LogP contribution in [0.25, 0.3) is 0 Å². The van der Waals surface area contributed by atoms with Crippen LogP contribution in [0.5, 0.6) is 0 Å². The third-order valence-electron chi connectivity index (χ3n) is 4.30. The summed E-state index contributed by atoms with van der Waals surface area (Å²) < 4.78 is 5.86. The van der Waals surface area contributed by atoms with E-state index < -0.39 is 0 Å². The molecule has 1 unspecified atom stereocenters. The molecule has 0 aromatic heterocycles. The fourth-order valence-corrected chi connectivity index (χ4v) is 3.28. The number of hydrogen-bond donors (Lipinski definition) is 0. The van der Waals surface area contributed by atoms with Crippen molar-refractivity contribution in [2.45, 2.75) is 44.6 Å². The first-order valence-electron chi connectivity index (χ1n) is 6.58. The molecule has 0 saturated heterocycles. The molecule has 0 bridgehead atoms. The summed E-state index contributed by atoms with van der Waals surface area (Å²) in [5, 5.41) is 1.20. The third kappa shape index (κ3) is 2.68. The Morgan fingerprint density at radius 1 is 1.11 bits per heavy atom. The molecule has 0 N–H and O–H groups in total. The molecule has 0 heterocycles. The van der Waals surface area contributed by atoms with Crippen LogP contribution in [0.3, 0.4) is 0 Å². The number of hydrogen-bond acceptors (Lipinski definition) is 1. The van der Waals surface area contributed by atoms with E-state index in [9.17, 15) is 0 Å². The molecule has 0 aliphatic heterocycles. The molecule has 100 valence electrons. The third-order valence-corrected chi connectivity index (χ3v) is 5.04. The van der Waals surface area contributed by atoms with Gasteiger partial charge in [-0.15, -0.1) is 0 Å². The second-order valence-electron chi connectivity index (χ2n) is 5.27. The Morgan fingerprint density at radius 2 is 1.78 bits per heavy atom. The van der Waals surface area contributed by atoms with Crippen molar-refractivity contribution in [1.29, 1.82) is 0 Å². The Morgan fingerprint density at radius 3 is 2.33 bits per heavy atom. The van der Waals surface area contributed by atoms with Crippen molar-refractivity contribution in [2.75, 3.05) is 7.11 Å². The van der Waals surface area contributed by atoms with E-state index in [1.165, 1.54) is 32.1 Å². The normalized spacial score (nSPS) is 20.7. The predicted molar refractivity (Wildman–Crippen MR) is 77.4 cm³/mol. The summed E-state index contributed by atoms with van der Waals surface area (Å²) in [4.78, 5) is 0. The van der Waals surface area contributed by atoms with Crippen LogP contribution in [-0.4, -0.2) is 7.11 Å². The summed E-state index contributed by atoms with van der Waals surface area (Å²) in [6, 6.07) is 5.84. The lowest BCUT2D eigenvalue weighted by molar-refractivity contribution is -0.0608. The van der Waals surface area contributed by atoms with E-state index in [4.69, 9.17) is 27.9 Å². The smallest absolute Gasteiger partial charge is 0.0928 e. The number of halogens is 2. The molecule has 18 heavy (non-hydrogen) atoms. The highest BCUT2D eigenvalue weighted by molar-refractivity contribution is 6.42. The molecule has 1 fully saturated rings. The first-order chi connectivity index (χ1) is 8.58. The molecule has 0 spiro atoms. The monoisotopic (exact) mass is 286 g/mol. The van der Waals surface area contributed by atoms with E-state index >= 15 is 0 Å². The zero-order valence-corrected chi connectivity index (χ0v) is 12.5. The number of ether oxygens (including phenoxy) is 1. The molecule has 1 atom stereocenters. The largest absolute Gasteiger partial charge is 0.374 e. The Labute approximate surface area is 119 Å². The van der Waals surface area contributed by atoms with E-state index in [2.05, 4.69) is 6.92 Å². The van der Waals surface area contributed by atoms with Crippen LogP contribution in [0.2, 0.25) is 10.0 Å². The minimum atomic E-state index is -0.255. The van der Waals surface area contributed by atoms with Gasteiger partial charge in [0.1, 0.15) is 0 Å². The van der Waals surface area contributed by atoms with E-state index in [1.807, 2.05) is 18.2 Å². The van der Waals surface area contributed by atoms with Crippen LogP contribution < -0.4 is 0 Å². The molecule has 1 aliphatic rings. The van der Waals surface area contributed by atoms with Gasteiger partial charge in [0.25, 0.3) is 0 Å². The average molecular weight is 287 g/mol. The second kappa shape index (κ2) is 5.81. The Balaban J connectivity index is 2.32. The Bertz CT molecular complexity index is 413. The van der Waals surface area contributed by atoms with Crippen molar-refractivity contribution in [3.63, 3.8) is 0 Å². The summed E-state index contributed by atoms with van der Waals surface area (Å²) in [7, 11) is 1.79. The maximum atomic E-state index is 6.13. The zero-order valence-electron chi connectivity index (χ0n) is 11.0. The Kier molecular flexibility index (Phi) is 4.58. The van der Waals surface area contributed by atoms with Gasteiger partial charge in [-0.3, -0.25) is 0 Å². The van der Waals surface area contributed by atoms with Crippen molar-refractivity contribution in [1.82, 2.24) is 0 Å². The van der Waals surface area contributed by atoms with Crippen LogP contribution >= 0.6 is 23.2 Å². The van der Waals surface area contributed by atoms with Crippen molar-refractivity contribution in [2.24, 2.45) is 5.92 Å². The van der Waals surface area contributed by atoms with Gasteiger partial charge in [-0.1, -0.05) is 48.5 Å². The molecule has 0 radical (unpaired) electrons. The molecular formula is C15H20Cl2O. The maximum absolute atomic E-state index is 6.13. The molecule has 1 aliphatic carbocycles. The minimum absolute atomic E-state index is 0.255. The fourth-order valence-electron chi connectivity index (χ4n) is 2.98. The average Bonchev–Trinajstić information content (AvgIpc) is 2.42. The van der Waals surface area contributed by atoms with Gasteiger partial charge in [0, 0.05) is 7.11 Å². The summed E-state index contributed by atoms with van der Waals surface area (Å²) in [6.07, 6.45) is 6.39. The van der Waals surface area contributed by atoms with E-state index in [-0.39, 0.29) is 5.60 Å². The van der Waals surface area contributed by atoms with Gasteiger partial charge < -0.3 is 4.74 Å². The molecule has 3 heteroatoms. The SMILES string of the molecule is COC(C)(c1ccc(Cl)c(Cl)c1)C1CCCCC1. The lowest BCUT2D eigenvalue weighted by atomic mass is 9.74. The second-order valence-corrected chi connectivity index (χ2v) is 6.09. The lowest BCUT2D eigenvalue weighted by Gasteiger charge is -2.39. The summed E-state index contributed by atoms with van der Waals surface area (Å²) in [5.41, 5.74) is 0.876. The molecular weight excluding hydrogens is 267 g/mol. The zero-order chi connectivity index (χ0) is 13.2. The summed E-state index contributed by atoms with van der Waals surface area (Å²) in [6.45, 7) is 2.17. The van der Waals surface area contributed by atoms with Crippen LogP contribution in [0.4, 0.5) is 0 Å². The van der Waals surface area contributed by atoms with Crippen molar-refractivity contribution in [3.05, 3.63) is 33.8 Å². The van der Waals surface area contributed by atoms with Gasteiger partial charge in [-0.25, -0.2) is 0 Å². The lowest BCUT2D eigenvalue weighted by Crippen LogP contribution is -2.35. The first kappa shape index (κ1) is 14.2. The van der Waals surface area contributed by atoms with Gasteiger partial charge in [-0.2, -0.15) is 0 Å². The van der Waals surface area contributed by atoms with Crippen LogP contribution in [-0.2, 0) is 10.3 Å². The van der Waals surface area contributed by atoms with Gasteiger partial charge >= 0.3 is 0 Å². The van der Waals surface area contributed by atoms with E-state index in [0.29, 0.717) is 16.0 Å². The molecule has 1 nitrogen and oxygen atoms in total. The van der Waals surface area contributed by atoms with Crippen LogP contribution in [0, 0.1) is 5.92 Å². The van der Waals surface area contributed by atoms with E-state index in [0.717, 1.165) is 5.56 Å². The number of benzene rings is 1. The van der Waals surface area contributed by atoms with Crippen molar-refractivity contribution < 1.29 is 4.74 Å². The van der Waals surface area contributed by atoms with E-state index in [1.54, 1.807) is 7.11 Å². The van der Waals surface area contributed by atoms with Gasteiger partial charge in [0.05, 0.1) is 15.6 Å². The molecule has 1 saturated carbocycles. The minimum Gasteiger partial charge on any atom is -0.374 e. The van der Waals surface area contributed by atoms with Gasteiger partial charge in [-0.05, 0) is 43.4 Å². The number of methoxy groups -OCH3 is 1. The standard InChI is InChI=1S/C15H20Cl2O/c1-15(18-2,11-6-4-3-5-7-11)12-8-9-13(16)14(17)10-12/h8-11H,3-7H2,1-2H3. The van der Waals surface area contributed by atoms with Gasteiger partial charge in [0.15, 0.2) is 0 Å².